The van der Waals surface area contributed by atoms with Gasteiger partial charge in [0.15, 0.2) is 12.1 Å². The van der Waals surface area contributed by atoms with Crippen molar-refractivity contribution in [2.75, 3.05) is 25.2 Å². The molecule has 0 bridgehead atoms. The Kier molecular flexibility index (Phi) is 5.25. The second-order valence-electron chi connectivity index (χ2n) is 5.64. The quantitative estimate of drug-likeness (QED) is 0.845. The first-order valence-corrected chi connectivity index (χ1v) is 8.08. The molecule has 0 unspecified atom stereocenters. The molecule has 2 fully saturated rings. The van der Waals surface area contributed by atoms with E-state index in [9.17, 15) is 4.79 Å². The zero-order valence-corrected chi connectivity index (χ0v) is 13.3. The van der Waals surface area contributed by atoms with Gasteiger partial charge in [-0.05, 0) is 25.5 Å². The summed E-state index contributed by atoms with van der Waals surface area (Å²) in [6.07, 6.45) is 1.65. The maximum absolute atomic E-state index is 12.1. The van der Waals surface area contributed by atoms with Gasteiger partial charge in [-0.1, -0.05) is 12.1 Å². The number of ketones is 1. The van der Waals surface area contributed by atoms with E-state index < -0.39 is 0 Å². The van der Waals surface area contributed by atoms with E-state index in [-0.39, 0.29) is 18.0 Å². The van der Waals surface area contributed by atoms with Gasteiger partial charge in [-0.3, -0.25) is 10.2 Å². The van der Waals surface area contributed by atoms with Gasteiger partial charge < -0.3 is 14.2 Å². The minimum atomic E-state index is -0.205. The van der Waals surface area contributed by atoms with E-state index >= 15 is 0 Å². The normalized spacial score (nSPS) is 24.1. The number of anilines is 1. The summed E-state index contributed by atoms with van der Waals surface area (Å²) in [7, 11) is 0. The van der Waals surface area contributed by atoms with Crippen LogP contribution in [0, 0.1) is 5.92 Å². The number of rotatable bonds is 5. The Labute approximate surface area is 135 Å². The summed E-state index contributed by atoms with van der Waals surface area (Å²) in [5.74, 6) is 1.00. The van der Waals surface area contributed by atoms with Crippen molar-refractivity contribution in [2.45, 2.75) is 32.5 Å². The Bertz CT molecular complexity index is 582. The smallest absolute Gasteiger partial charge is 0.178 e. The summed E-state index contributed by atoms with van der Waals surface area (Å²) in [6.45, 7) is 3.76. The third-order valence-electron chi connectivity index (χ3n) is 4.05. The van der Waals surface area contributed by atoms with Crippen LogP contribution in [-0.4, -0.2) is 37.6 Å². The molecule has 6 heteroatoms. The van der Waals surface area contributed by atoms with Crippen LogP contribution in [0.2, 0.25) is 0 Å². The predicted molar refractivity (Wildman–Crippen MR) is 86.7 cm³/mol. The summed E-state index contributed by atoms with van der Waals surface area (Å²) in [4.78, 5) is 12.1. The molecule has 2 aliphatic rings. The number of carbonyl (C=O) groups excluding carboxylic acids is 1. The van der Waals surface area contributed by atoms with Gasteiger partial charge in [0.1, 0.15) is 11.5 Å². The maximum atomic E-state index is 12.1. The van der Waals surface area contributed by atoms with Gasteiger partial charge in [0.2, 0.25) is 0 Å². The molecule has 1 aromatic rings. The van der Waals surface area contributed by atoms with Crippen molar-refractivity contribution in [3.63, 3.8) is 0 Å². The molecule has 6 nitrogen and oxygen atoms in total. The van der Waals surface area contributed by atoms with Crippen LogP contribution in [-0.2, 0) is 14.3 Å². The predicted octanol–water partition coefficient (Wildman–Crippen LogP) is 2.60. The SMILES string of the molecule is CCOc1ccccc1N/N=C1\C[C@H](C2OCCO2)CCC1=O. The summed E-state index contributed by atoms with van der Waals surface area (Å²) in [6, 6.07) is 7.55. The zero-order chi connectivity index (χ0) is 16.1. The zero-order valence-electron chi connectivity index (χ0n) is 13.3. The van der Waals surface area contributed by atoms with Gasteiger partial charge in [-0.2, -0.15) is 5.10 Å². The Balaban J connectivity index is 1.69. The van der Waals surface area contributed by atoms with Crippen molar-refractivity contribution >= 4 is 17.2 Å². The Morgan fingerprint density at radius 1 is 1.30 bits per heavy atom. The van der Waals surface area contributed by atoms with Crippen LogP contribution in [0.5, 0.6) is 5.75 Å². The molecule has 1 N–H and O–H groups in total. The summed E-state index contributed by atoms with van der Waals surface area (Å²) >= 11 is 0. The molecule has 1 aromatic carbocycles. The van der Waals surface area contributed by atoms with Crippen LogP contribution in [0.1, 0.15) is 26.2 Å². The lowest BCUT2D eigenvalue weighted by atomic mass is 9.86. The maximum Gasteiger partial charge on any atom is 0.178 e. The van der Waals surface area contributed by atoms with Crippen LogP contribution < -0.4 is 10.2 Å². The largest absolute Gasteiger partial charge is 0.492 e. The van der Waals surface area contributed by atoms with Crippen LogP contribution in [0.25, 0.3) is 0 Å². The van der Waals surface area contributed by atoms with E-state index in [0.29, 0.717) is 38.4 Å². The molecule has 3 rings (SSSR count). The minimum absolute atomic E-state index is 0.0839. The lowest BCUT2D eigenvalue weighted by molar-refractivity contribution is -0.117. The Hall–Kier alpha value is -1.92. The lowest BCUT2D eigenvalue weighted by Gasteiger charge is -2.26. The number of nitrogens with one attached hydrogen (secondary N) is 1. The van der Waals surface area contributed by atoms with Crippen molar-refractivity contribution in [3.05, 3.63) is 24.3 Å². The third-order valence-corrected chi connectivity index (χ3v) is 4.05. The van der Waals surface area contributed by atoms with E-state index in [1.54, 1.807) is 0 Å². The highest BCUT2D eigenvalue weighted by Gasteiger charge is 2.33. The second-order valence-corrected chi connectivity index (χ2v) is 5.64. The van der Waals surface area contributed by atoms with Crippen molar-refractivity contribution in [1.82, 2.24) is 0 Å². The van der Waals surface area contributed by atoms with Gasteiger partial charge in [0, 0.05) is 18.8 Å². The average Bonchev–Trinajstić information content (AvgIpc) is 3.10. The van der Waals surface area contributed by atoms with Crippen LogP contribution >= 0.6 is 0 Å². The first-order valence-electron chi connectivity index (χ1n) is 8.08. The Morgan fingerprint density at radius 2 is 2.09 bits per heavy atom. The van der Waals surface area contributed by atoms with Gasteiger partial charge >= 0.3 is 0 Å². The second kappa shape index (κ2) is 7.57. The molecule has 0 aromatic heterocycles. The molecule has 1 aliphatic carbocycles. The fourth-order valence-corrected chi connectivity index (χ4v) is 2.88. The molecule has 0 radical (unpaired) electrons. The van der Waals surface area contributed by atoms with E-state index in [2.05, 4.69) is 10.5 Å². The number of ether oxygens (including phenoxy) is 3. The molecule has 1 atom stereocenters. The highest BCUT2D eigenvalue weighted by molar-refractivity contribution is 6.40. The average molecular weight is 318 g/mol. The third kappa shape index (κ3) is 3.89. The summed E-state index contributed by atoms with van der Waals surface area (Å²) in [5.41, 5.74) is 4.27. The van der Waals surface area contributed by atoms with Crippen molar-refractivity contribution in [1.29, 1.82) is 0 Å². The fourth-order valence-electron chi connectivity index (χ4n) is 2.88. The van der Waals surface area contributed by atoms with Crippen LogP contribution in [0.15, 0.2) is 29.4 Å². The number of para-hydroxylation sites is 2. The molecule has 0 spiro atoms. The van der Waals surface area contributed by atoms with Gasteiger partial charge in [-0.25, -0.2) is 0 Å². The standard InChI is InChI=1S/C17H22N2O4/c1-2-21-16-6-4-3-5-13(16)18-19-14-11-12(7-8-15(14)20)17-22-9-10-23-17/h3-6,12,17-18H,2,7-11H2,1H3/b19-14+/t12-/m1/s1. The molecule has 23 heavy (non-hydrogen) atoms. The highest BCUT2D eigenvalue weighted by atomic mass is 16.7. The van der Waals surface area contributed by atoms with E-state index in [1.807, 2.05) is 31.2 Å². The number of hydrogen-bond donors (Lipinski definition) is 1. The van der Waals surface area contributed by atoms with E-state index in [4.69, 9.17) is 14.2 Å². The van der Waals surface area contributed by atoms with Crippen molar-refractivity contribution in [2.24, 2.45) is 11.0 Å². The molecule has 1 saturated heterocycles. The molecule has 0 amide bonds. The minimum Gasteiger partial charge on any atom is -0.492 e. The van der Waals surface area contributed by atoms with Gasteiger partial charge in [0.25, 0.3) is 0 Å². The van der Waals surface area contributed by atoms with Crippen LogP contribution in [0.4, 0.5) is 5.69 Å². The van der Waals surface area contributed by atoms with Gasteiger partial charge in [0.05, 0.1) is 25.5 Å². The number of carbonyl (C=O) groups is 1. The lowest BCUT2D eigenvalue weighted by Crippen LogP contribution is -2.33. The van der Waals surface area contributed by atoms with E-state index in [1.165, 1.54) is 0 Å². The summed E-state index contributed by atoms with van der Waals surface area (Å²) < 4.78 is 16.7. The number of hydrazone groups is 1. The molecule has 124 valence electrons. The summed E-state index contributed by atoms with van der Waals surface area (Å²) in [5, 5.41) is 4.33. The van der Waals surface area contributed by atoms with E-state index in [0.717, 1.165) is 17.9 Å². The molecule has 1 heterocycles. The first kappa shape index (κ1) is 16.0. The number of benzene rings is 1. The number of nitrogens with zero attached hydrogens (tertiary/aromatic N) is 1. The first-order chi connectivity index (χ1) is 11.3. The van der Waals surface area contributed by atoms with Crippen LogP contribution in [0.3, 0.4) is 0 Å². The molecule has 1 aliphatic heterocycles. The topological polar surface area (TPSA) is 69.2 Å². The van der Waals surface area contributed by atoms with Crippen molar-refractivity contribution in [3.8, 4) is 5.75 Å². The molecular weight excluding hydrogens is 296 g/mol. The Morgan fingerprint density at radius 3 is 2.87 bits per heavy atom. The monoisotopic (exact) mass is 318 g/mol. The molecular formula is C17H22N2O4. The van der Waals surface area contributed by atoms with Crippen molar-refractivity contribution < 1.29 is 19.0 Å². The molecule has 1 saturated carbocycles. The fraction of sp³-hybridized carbons (Fsp3) is 0.529. The number of hydrogen-bond acceptors (Lipinski definition) is 6. The number of Topliss-reactive ketones (excluding diaryl/α,β-unsaturated/α-hetero) is 1. The van der Waals surface area contributed by atoms with Gasteiger partial charge in [-0.15, -0.1) is 0 Å². The highest BCUT2D eigenvalue weighted by Crippen LogP contribution is 2.29.